The van der Waals surface area contributed by atoms with Crippen LogP contribution in [0.15, 0.2) is 30.3 Å². The van der Waals surface area contributed by atoms with E-state index in [0.29, 0.717) is 19.6 Å². The average molecular weight is 249 g/mol. The number of aliphatic hydroxyl groups is 1. The summed E-state index contributed by atoms with van der Waals surface area (Å²) in [7, 11) is 0. The molecule has 0 spiro atoms. The monoisotopic (exact) mass is 249 g/mol. The summed E-state index contributed by atoms with van der Waals surface area (Å²) in [6, 6.07) is 10.00. The van der Waals surface area contributed by atoms with Crippen LogP contribution in [0.25, 0.3) is 0 Å². The highest BCUT2D eigenvalue weighted by molar-refractivity contribution is 5.81. The first-order valence-electron chi connectivity index (χ1n) is 6.29. The number of rotatable bonds is 4. The van der Waals surface area contributed by atoms with Gasteiger partial charge in [0.05, 0.1) is 12.6 Å². The summed E-state index contributed by atoms with van der Waals surface area (Å²) >= 11 is 0. The van der Waals surface area contributed by atoms with Gasteiger partial charge in [-0.3, -0.25) is 4.79 Å². The molecule has 1 aliphatic rings. The summed E-state index contributed by atoms with van der Waals surface area (Å²) in [4.78, 5) is 14.1. The molecule has 1 N–H and O–H groups in total. The second-order valence-corrected chi connectivity index (χ2v) is 4.64. The SMILES string of the molecule is CC1COC(CCO)C(=O)N1Cc1ccccc1. The van der Waals surface area contributed by atoms with Gasteiger partial charge in [-0.05, 0) is 12.5 Å². The first kappa shape index (κ1) is 13.1. The first-order valence-corrected chi connectivity index (χ1v) is 6.29. The fraction of sp³-hybridized carbons (Fsp3) is 0.500. The van der Waals surface area contributed by atoms with Crippen LogP contribution in [0.2, 0.25) is 0 Å². The number of morpholine rings is 1. The lowest BCUT2D eigenvalue weighted by molar-refractivity contribution is -0.160. The minimum Gasteiger partial charge on any atom is -0.396 e. The maximum absolute atomic E-state index is 12.2. The molecule has 4 nitrogen and oxygen atoms in total. The summed E-state index contributed by atoms with van der Waals surface area (Å²) < 4.78 is 5.46. The van der Waals surface area contributed by atoms with Gasteiger partial charge in [0.1, 0.15) is 6.10 Å². The Kier molecular flexibility index (Phi) is 4.33. The molecule has 0 aromatic heterocycles. The van der Waals surface area contributed by atoms with Gasteiger partial charge in [-0.15, -0.1) is 0 Å². The molecule has 4 heteroatoms. The molecule has 1 fully saturated rings. The molecule has 1 aromatic carbocycles. The van der Waals surface area contributed by atoms with Crippen LogP contribution in [0.4, 0.5) is 0 Å². The zero-order valence-corrected chi connectivity index (χ0v) is 10.6. The Bertz CT molecular complexity index is 393. The van der Waals surface area contributed by atoms with Crippen molar-refractivity contribution in [2.45, 2.75) is 32.0 Å². The van der Waals surface area contributed by atoms with Gasteiger partial charge in [0.15, 0.2) is 0 Å². The number of benzene rings is 1. The van der Waals surface area contributed by atoms with Crippen molar-refractivity contribution >= 4 is 5.91 Å². The predicted molar refractivity (Wildman–Crippen MR) is 67.9 cm³/mol. The van der Waals surface area contributed by atoms with Crippen molar-refractivity contribution in [2.75, 3.05) is 13.2 Å². The van der Waals surface area contributed by atoms with Crippen molar-refractivity contribution < 1.29 is 14.6 Å². The predicted octanol–water partition coefficient (Wildman–Crippen LogP) is 1.18. The van der Waals surface area contributed by atoms with Crippen molar-refractivity contribution in [2.24, 2.45) is 0 Å². The van der Waals surface area contributed by atoms with Crippen LogP contribution in [0.5, 0.6) is 0 Å². The number of ether oxygens (including phenoxy) is 1. The normalized spacial score (nSPS) is 24.3. The van der Waals surface area contributed by atoms with E-state index in [1.807, 2.05) is 42.2 Å². The Hall–Kier alpha value is -1.39. The van der Waals surface area contributed by atoms with E-state index in [4.69, 9.17) is 9.84 Å². The van der Waals surface area contributed by atoms with Gasteiger partial charge in [-0.2, -0.15) is 0 Å². The maximum Gasteiger partial charge on any atom is 0.252 e. The fourth-order valence-electron chi connectivity index (χ4n) is 2.16. The summed E-state index contributed by atoms with van der Waals surface area (Å²) in [6.07, 6.45) is -0.119. The van der Waals surface area contributed by atoms with Crippen LogP contribution in [0.3, 0.4) is 0 Å². The Morgan fingerprint density at radius 3 is 2.78 bits per heavy atom. The molecule has 0 aliphatic carbocycles. The number of amides is 1. The maximum atomic E-state index is 12.2. The van der Waals surface area contributed by atoms with Gasteiger partial charge in [0.2, 0.25) is 0 Å². The second-order valence-electron chi connectivity index (χ2n) is 4.64. The number of carbonyl (C=O) groups is 1. The van der Waals surface area contributed by atoms with Gasteiger partial charge >= 0.3 is 0 Å². The van der Waals surface area contributed by atoms with E-state index >= 15 is 0 Å². The standard InChI is InChI=1S/C14H19NO3/c1-11-10-18-13(7-8-16)14(17)15(11)9-12-5-3-2-4-6-12/h2-6,11,13,16H,7-10H2,1H3. The van der Waals surface area contributed by atoms with Crippen molar-refractivity contribution in [3.05, 3.63) is 35.9 Å². The quantitative estimate of drug-likeness (QED) is 0.872. The average Bonchev–Trinajstić information content (AvgIpc) is 2.39. The van der Waals surface area contributed by atoms with E-state index in [0.717, 1.165) is 5.56 Å². The highest BCUT2D eigenvalue weighted by atomic mass is 16.5. The highest BCUT2D eigenvalue weighted by Gasteiger charge is 2.33. The Balaban J connectivity index is 2.07. The third-order valence-corrected chi connectivity index (χ3v) is 3.22. The van der Waals surface area contributed by atoms with E-state index in [1.54, 1.807) is 0 Å². The first-order chi connectivity index (χ1) is 8.72. The smallest absolute Gasteiger partial charge is 0.252 e. The van der Waals surface area contributed by atoms with E-state index < -0.39 is 6.10 Å². The van der Waals surface area contributed by atoms with Crippen molar-refractivity contribution in [3.8, 4) is 0 Å². The van der Waals surface area contributed by atoms with Crippen molar-refractivity contribution in [1.29, 1.82) is 0 Å². The molecule has 98 valence electrons. The molecule has 0 saturated carbocycles. The number of nitrogens with zero attached hydrogens (tertiary/aromatic N) is 1. The molecule has 2 rings (SSSR count). The second kappa shape index (κ2) is 5.98. The van der Waals surface area contributed by atoms with Crippen LogP contribution in [-0.2, 0) is 16.1 Å². The molecule has 0 bridgehead atoms. The number of carbonyl (C=O) groups excluding carboxylic acids is 1. The highest BCUT2D eigenvalue weighted by Crippen LogP contribution is 2.18. The molecule has 1 aromatic rings. The van der Waals surface area contributed by atoms with E-state index in [1.165, 1.54) is 0 Å². The molecule has 1 heterocycles. The molecule has 1 amide bonds. The molecular weight excluding hydrogens is 230 g/mol. The number of hydrogen-bond acceptors (Lipinski definition) is 3. The van der Waals surface area contributed by atoms with E-state index in [-0.39, 0.29) is 18.6 Å². The number of hydrogen-bond donors (Lipinski definition) is 1. The Labute approximate surface area is 107 Å². The van der Waals surface area contributed by atoms with Crippen LogP contribution in [0, 0.1) is 0 Å². The van der Waals surface area contributed by atoms with E-state index in [2.05, 4.69) is 0 Å². The molecule has 0 radical (unpaired) electrons. The van der Waals surface area contributed by atoms with Crippen LogP contribution >= 0.6 is 0 Å². The van der Waals surface area contributed by atoms with Gasteiger partial charge in [-0.1, -0.05) is 30.3 Å². The lowest BCUT2D eigenvalue weighted by Gasteiger charge is -2.37. The van der Waals surface area contributed by atoms with Gasteiger partial charge in [0, 0.05) is 19.6 Å². The van der Waals surface area contributed by atoms with Gasteiger partial charge < -0.3 is 14.7 Å². The third kappa shape index (κ3) is 2.89. The number of aliphatic hydroxyl groups excluding tert-OH is 1. The summed E-state index contributed by atoms with van der Waals surface area (Å²) in [6.45, 7) is 3.09. The largest absolute Gasteiger partial charge is 0.396 e. The molecular formula is C14H19NO3. The van der Waals surface area contributed by atoms with Crippen LogP contribution < -0.4 is 0 Å². The third-order valence-electron chi connectivity index (χ3n) is 3.22. The van der Waals surface area contributed by atoms with Gasteiger partial charge in [-0.25, -0.2) is 0 Å². The molecule has 2 atom stereocenters. The zero-order valence-electron chi connectivity index (χ0n) is 10.6. The van der Waals surface area contributed by atoms with Gasteiger partial charge in [0.25, 0.3) is 5.91 Å². The summed E-state index contributed by atoms with van der Waals surface area (Å²) in [5.41, 5.74) is 1.11. The Morgan fingerprint density at radius 2 is 2.11 bits per heavy atom. The fourth-order valence-corrected chi connectivity index (χ4v) is 2.16. The lowest BCUT2D eigenvalue weighted by Crippen LogP contribution is -2.52. The molecule has 2 unspecified atom stereocenters. The zero-order chi connectivity index (χ0) is 13.0. The van der Waals surface area contributed by atoms with Crippen LogP contribution in [0.1, 0.15) is 18.9 Å². The van der Waals surface area contributed by atoms with Crippen molar-refractivity contribution in [1.82, 2.24) is 4.90 Å². The van der Waals surface area contributed by atoms with E-state index in [9.17, 15) is 4.79 Å². The Morgan fingerprint density at radius 1 is 1.39 bits per heavy atom. The topological polar surface area (TPSA) is 49.8 Å². The minimum absolute atomic E-state index is 0.0216. The molecule has 18 heavy (non-hydrogen) atoms. The van der Waals surface area contributed by atoms with Crippen molar-refractivity contribution in [3.63, 3.8) is 0 Å². The van der Waals surface area contributed by atoms with Crippen LogP contribution in [-0.4, -0.2) is 41.3 Å². The molecule has 1 aliphatic heterocycles. The molecule has 1 saturated heterocycles. The summed E-state index contributed by atoms with van der Waals surface area (Å²) in [5, 5.41) is 8.93. The summed E-state index contributed by atoms with van der Waals surface area (Å²) in [5.74, 6) is -0.0216. The minimum atomic E-state index is -0.491. The lowest BCUT2D eigenvalue weighted by atomic mass is 10.1.